The molecule has 0 aliphatic heterocycles. The third kappa shape index (κ3) is 1.41. The molecule has 0 bridgehead atoms. The SMILES string of the molecule is CCC(C)(C)c1nc2ccccc2[nH]1. The van der Waals surface area contributed by atoms with Crippen LogP contribution in [0.4, 0.5) is 0 Å². The van der Waals surface area contributed by atoms with Crippen molar-refractivity contribution in [3.8, 4) is 0 Å². The minimum atomic E-state index is 0.138. The van der Waals surface area contributed by atoms with Crippen LogP contribution >= 0.6 is 0 Å². The highest BCUT2D eigenvalue weighted by molar-refractivity contribution is 5.74. The van der Waals surface area contributed by atoms with Crippen molar-refractivity contribution in [1.82, 2.24) is 9.97 Å². The number of hydrogen-bond donors (Lipinski definition) is 1. The molecule has 0 aliphatic carbocycles. The van der Waals surface area contributed by atoms with Gasteiger partial charge in [0.2, 0.25) is 0 Å². The largest absolute Gasteiger partial charge is 0.342 e. The molecule has 0 radical (unpaired) electrons. The quantitative estimate of drug-likeness (QED) is 0.770. The standard InChI is InChI=1S/C12H16N2/c1-4-12(2,3)11-13-9-7-5-6-8-10(9)14-11/h5-8H,4H2,1-3H3,(H,13,14). The summed E-state index contributed by atoms with van der Waals surface area (Å²) in [5.41, 5.74) is 2.33. The van der Waals surface area contributed by atoms with Crippen LogP contribution in [0.25, 0.3) is 11.0 Å². The van der Waals surface area contributed by atoms with E-state index in [1.165, 1.54) is 0 Å². The van der Waals surface area contributed by atoms with Crippen LogP contribution in [0, 0.1) is 0 Å². The molecule has 2 nitrogen and oxygen atoms in total. The van der Waals surface area contributed by atoms with E-state index in [1.54, 1.807) is 0 Å². The van der Waals surface area contributed by atoms with Gasteiger partial charge in [0.05, 0.1) is 11.0 Å². The van der Waals surface area contributed by atoms with E-state index < -0.39 is 0 Å². The Labute approximate surface area is 84.4 Å². The number of nitrogens with one attached hydrogen (secondary N) is 1. The highest BCUT2D eigenvalue weighted by atomic mass is 14.9. The summed E-state index contributed by atoms with van der Waals surface area (Å²) in [6.07, 6.45) is 1.09. The molecule has 0 saturated heterocycles. The van der Waals surface area contributed by atoms with Gasteiger partial charge in [-0.3, -0.25) is 0 Å². The molecule has 0 saturated carbocycles. The van der Waals surface area contributed by atoms with Crippen molar-refractivity contribution >= 4 is 11.0 Å². The Morgan fingerprint density at radius 1 is 1.29 bits per heavy atom. The number of benzene rings is 1. The fourth-order valence-electron chi connectivity index (χ4n) is 1.44. The Bertz CT molecular complexity index is 407. The van der Waals surface area contributed by atoms with Gasteiger partial charge in [-0.1, -0.05) is 32.9 Å². The predicted molar refractivity (Wildman–Crippen MR) is 59.4 cm³/mol. The minimum absolute atomic E-state index is 0.138. The van der Waals surface area contributed by atoms with E-state index in [9.17, 15) is 0 Å². The van der Waals surface area contributed by atoms with E-state index in [0.717, 1.165) is 23.3 Å². The van der Waals surface area contributed by atoms with Gasteiger partial charge in [0.1, 0.15) is 5.82 Å². The molecule has 1 aromatic heterocycles. The molecule has 14 heavy (non-hydrogen) atoms. The molecular weight excluding hydrogens is 172 g/mol. The highest BCUT2D eigenvalue weighted by Crippen LogP contribution is 2.25. The van der Waals surface area contributed by atoms with Crippen molar-refractivity contribution in [2.75, 3.05) is 0 Å². The lowest BCUT2D eigenvalue weighted by molar-refractivity contribution is 0.479. The highest BCUT2D eigenvalue weighted by Gasteiger charge is 2.21. The van der Waals surface area contributed by atoms with E-state index >= 15 is 0 Å². The van der Waals surface area contributed by atoms with Gasteiger partial charge in [-0.15, -0.1) is 0 Å². The van der Waals surface area contributed by atoms with Gasteiger partial charge in [-0.2, -0.15) is 0 Å². The summed E-state index contributed by atoms with van der Waals surface area (Å²) >= 11 is 0. The summed E-state index contributed by atoms with van der Waals surface area (Å²) in [5.74, 6) is 1.08. The van der Waals surface area contributed by atoms with Crippen LogP contribution in [0.5, 0.6) is 0 Å². The van der Waals surface area contributed by atoms with Crippen LogP contribution in [0.1, 0.15) is 33.0 Å². The molecule has 0 fully saturated rings. The number of hydrogen-bond acceptors (Lipinski definition) is 1. The molecule has 0 aliphatic rings. The molecule has 1 N–H and O–H groups in total. The molecule has 0 unspecified atom stereocenters. The molecule has 1 heterocycles. The Morgan fingerprint density at radius 2 is 2.00 bits per heavy atom. The first kappa shape index (κ1) is 9.25. The fraction of sp³-hybridized carbons (Fsp3) is 0.417. The number of fused-ring (bicyclic) bond motifs is 1. The topological polar surface area (TPSA) is 28.7 Å². The first-order valence-corrected chi connectivity index (χ1v) is 5.09. The normalized spacial score (nSPS) is 12.2. The van der Waals surface area contributed by atoms with E-state index in [0.29, 0.717) is 0 Å². The third-order valence-electron chi connectivity index (χ3n) is 2.91. The predicted octanol–water partition coefficient (Wildman–Crippen LogP) is 3.25. The second-order valence-corrected chi connectivity index (χ2v) is 4.34. The molecule has 74 valence electrons. The van der Waals surface area contributed by atoms with Crippen molar-refractivity contribution in [2.24, 2.45) is 0 Å². The van der Waals surface area contributed by atoms with Crippen LogP contribution in [0.3, 0.4) is 0 Å². The van der Waals surface area contributed by atoms with Crippen LogP contribution in [0.15, 0.2) is 24.3 Å². The van der Waals surface area contributed by atoms with Crippen molar-refractivity contribution in [2.45, 2.75) is 32.6 Å². The summed E-state index contributed by atoms with van der Waals surface area (Å²) in [5, 5.41) is 0. The molecule has 0 spiro atoms. The van der Waals surface area contributed by atoms with E-state index in [-0.39, 0.29) is 5.41 Å². The van der Waals surface area contributed by atoms with Crippen molar-refractivity contribution < 1.29 is 0 Å². The zero-order valence-electron chi connectivity index (χ0n) is 8.96. The fourth-order valence-corrected chi connectivity index (χ4v) is 1.44. The summed E-state index contributed by atoms with van der Waals surface area (Å²) in [6.45, 7) is 6.61. The van der Waals surface area contributed by atoms with Crippen LogP contribution in [-0.2, 0) is 5.41 Å². The van der Waals surface area contributed by atoms with Gasteiger partial charge in [0.25, 0.3) is 0 Å². The molecule has 1 aromatic carbocycles. The first-order valence-electron chi connectivity index (χ1n) is 5.09. The molecule has 2 heteroatoms. The van der Waals surface area contributed by atoms with Crippen molar-refractivity contribution in [3.05, 3.63) is 30.1 Å². The number of nitrogens with zero attached hydrogens (tertiary/aromatic N) is 1. The summed E-state index contributed by atoms with van der Waals surface area (Å²) in [4.78, 5) is 7.98. The molecular formula is C12H16N2. The van der Waals surface area contributed by atoms with Crippen molar-refractivity contribution in [1.29, 1.82) is 0 Å². The Hall–Kier alpha value is -1.31. The average molecular weight is 188 g/mol. The maximum absolute atomic E-state index is 4.60. The minimum Gasteiger partial charge on any atom is -0.342 e. The summed E-state index contributed by atoms with van der Waals surface area (Å²) in [7, 11) is 0. The van der Waals surface area contributed by atoms with Crippen LogP contribution < -0.4 is 0 Å². The lowest BCUT2D eigenvalue weighted by Crippen LogP contribution is -2.17. The number of H-pyrrole nitrogens is 1. The smallest absolute Gasteiger partial charge is 0.112 e. The van der Waals surface area contributed by atoms with Crippen LogP contribution in [-0.4, -0.2) is 9.97 Å². The van der Waals surface area contributed by atoms with Gasteiger partial charge >= 0.3 is 0 Å². The third-order valence-corrected chi connectivity index (χ3v) is 2.91. The lowest BCUT2D eigenvalue weighted by atomic mass is 9.90. The number of rotatable bonds is 2. The zero-order valence-corrected chi connectivity index (χ0v) is 8.96. The van der Waals surface area contributed by atoms with Gasteiger partial charge < -0.3 is 4.98 Å². The lowest BCUT2D eigenvalue weighted by Gasteiger charge is -2.18. The molecule has 0 atom stereocenters. The first-order chi connectivity index (χ1) is 6.63. The zero-order chi connectivity index (χ0) is 10.2. The Morgan fingerprint density at radius 3 is 2.64 bits per heavy atom. The monoisotopic (exact) mass is 188 g/mol. The summed E-state index contributed by atoms with van der Waals surface area (Å²) < 4.78 is 0. The van der Waals surface area contributed by atoms with E-state index in [4.69, 9.17) is 0 Å². The number of aromatic nitrogens is 2. The van der Waals surface area contributed by atoms with Gasteiger partial charge in [0.15, 0.2) is 0 Å². The Kier molecular flexibility index (Phi) is 2.06. The second kappa shape index (κ2) is 3.12. The van der Waals surface area contributed by atoms with E-state index in [1.807, 2.05) is 18.2 Å². The van der Waals surface area contributed by atoms with E-state index in [2.05, 4.69) is 36.8 Å². The summed E-state index contributed by atoms with van der Waals surface area (Å²) in [6, 6.07) is 8.16. The van der Waals surface area contributed by atoms with Gasteiger partial charge in [-0.25, -0.2) is 4.98 Å². The number of imidazole rings is 1. The number of para-hydroxylation sites is 2. The Balaban J connectivity index is 2.55. The second-order valence-electron chi connectivity index (χ2n) is 4.34. The van der Waals surface area contributed by atoms with Gasteiger partial charge in [0, 0.05) is 5.41 Å². The molecule has 2 rings (SSSR count). The molecule has 0 amide bonds. The number of aromatic amines is 1. The maximum atomic E-state index is 4.60. The van der Waals surface area contributed by atoms with Gasteiger partial charge in [-0.05, 0) is 18.6 Å². The van der Waals surface area contributed by atoms with Crippen LogP contribution in [0.2, 0.25) is 0 Å². The average Bonchev–Trinajstić information content (AvgIpc) is 2.61. The maximum Gasteiger partial charge on any atom is 0.112 e. The van der Waals surface area contributed by atoms with Crippen molar-refractivity contribution in [3.63, 3.8) is 0 Å². The molecule has 2 aromatic rings.